The number of hydrogen-bond donors (Lipinski definition) is 1. The van der Waals surface area contributed by atoms with Gasteiger partial charge in [0.05, 0.1) is 0 Å². The molecule has 0 radical (unpaired) electrons. The minimum absolute atomic E-state index is 0.492. The molecular formula is C19H33N. The molecule has 1 aliphatic carbocycles. The van der Waals surface area contributed by atoms with Gasteiger partial charge in [0.2, 0.25) is 0 Å². The van der Waals surface area contributed by atoms with Crippen LogP contribution in [-0.4, -0.2) is 12.6 Å². The lowest BCUT2D eigenvalue weighted by Gasteiger charge is -2.24. The molecule has 20 heavy (non-hydrogen) atoms. The third kappa shape index (κ3) is 6.56. The fourth-order valence-electron chi connectivity index (χ4n) is 2.63. The van der Waals surface area contributed by atoms with Crippen molar-refractivity contribution in [2.24, 2.45) is 17.8 Å². The van der Waals surface area contributed by atoms with Crippen LogP contribution in [0.1, 0.15) is 54.4 Å². The van der Waals surface area contributed by atoms with Crippen molar-refractivity contribution in [3.05, 3.63) is 35.5 Å². The van der Waals surface area contributed by atoms with Crippen molar-refractivity contribution < 1.29 is 0 Å². The Morgan fingerprint density at radius 1 is 1.35 bits per heavy atom. The van der Waals surface area contributed by atoms with E-state index in [2.05, 4.69) is 71.2 Å². The van der Waals surface area contributed by atoms with Crippen LogP contribution in [0.15, 0.2) is 35.5 Å². The molecule has 1 nitrogen and oxygen atoms in total. The van der Waals surface area contributed by atoms with Crippen LogP contribution in [0.2, 0.25) is 0 Å². The molecule has 0 saturated carbocycles. The Bertz CT molecular complexity index is 369. The minimum Gasteiger partial charge on any atom is -0.310 e. The predicted molar refractivity (Wildman–Crippen MR) is 90.8 cm³/mol. The summed E-state index contributed by atoms with van der Waals surface area (Å²) in [4.78, 5) is 0. The molecule has 1 heteroatoms. The fraction of sp³-hybridized carbons (Fsp3) is 0.684. The van der Waals surface area contributed by atoms with Crippen molar-refractivity contribution in [2.75, 3.05) is 6.54 Å². The molecular weight excluding hydrogens is 242 g/mol. The third-order valence-corrected chi connectivity index (χ3v) is 3.84. The van der Waals surface area contributed by atoms with E-state index in [-0.39, 0.29) is 0 Å². The van der Waals surface area contributed by atoms with E-state index >= 15 is 0 Å². The molecule has 0 aromatic rings. The lowest BCUT2D eigenvalue weighted by Crippen LogP contribution is -2.32. The summed E-state index contributed by atoms with van der Waals surface area (Å²) < 4.78 is 0. The van der Waals surface area contributed by atoms with Gasteiger partial charge in [-0.2, -0.15) is 0 Å². The Kier molecular flexibility index (Phi) is 7.29. The quantitative estimate of drug-likeness (QED) is 0.636. The molecule has 0 aromatic carbocycles. The summed E-state index contributed by atoms with van der Waals surface area (Å²) in [5.74, 6) is 2.03. The first-order valence-electron chi connectivity index (χ1n) is 8.15. The van der Waals surface area contributed by atoms with Gasteiger partial charge in [-0.1, -0.05) is 57.6 Å². The maximum absolute atomic E-state index is 3.70. The second-order valence-electron chi connectivity index (χ2n) is 7.07. The average Bonchev–Trinajstić information content (AvgIpc) is 2.36. The SMILES string of the molecule is CC(C)=CC(C[C@@H](C)C1=CCC(C)C=C1)NCC(C)C. The zero-order valence-corrected chi connectivity index (χ0v) is 14.2. The maximum atomic E-state index is 3.70. The van der Waals surface area contributed by atoms with Gasteiger partial charge in [0, 0.05) is 6.04 Å². The largest absolute Gasteiger partial charge is 0.310 e. The van der Waals surface area contributed by atoms with Crippen molar-refractivity contribution in [1.82, 2.24) is 5.32 Å². The van der Waals surface area contributed by atoms with Gasteiger partial charge in [0.25, 0.3) is 0 Å². The molecule has 0 saturated heterocycles. The maximum Gasteiger partial charge on any atom is 0.0258 e. The van der Waals surface area contributed by atoms with E-state index in [1.165, 1.54) is 24.0 Å². The van der Waals surface area contributed by atoms with Gasteiger partial charge < -0.3 is 5.32 Å². The fourth-order valence-corrected chi connectivity index (χ4v) is 2.63. The molecule has 1 rings (SSSR count). The molecule has 114 valence electrons. The predicted octanol–water partition coefficient (Wildman–Crippen LogP) is 5.12. The topological polar surface area (TPSA) is 12.0 Å². The Morgan fingerprint density at radius 3 is 2.55 bits per heavy atom. The van der Waals surface area contributed by atoms with Gasteiger partial charge in [-0.05, 0) is 56.6 Å². The summed E-state index contributed by atoms with van der Waals surface area (Å²) in [5, 5.41) is 3.70. The van der Waals surface area contributed by atoms with Gasteiger partial charge in [-0.15, -0.1) is 0 Å². The summed E-state index contributed by atoms with van der Waals surface area (Å²) in [6, 6.07) is 0.492. The van der Waals surface area contributed by atoms with Crippen molar-refractivity contribution in [3.8, 4) is 0 Å². The first-order valence-corrected chi connectivity index (χ1v) is 8.15. The molecule has 0 amide bonds. The molecule has 0 heterocycles. The number of allylic oxidation sites excluding steroid dienone is 5. The molecule has 2 unspecified atom stereocenters. The molecule has 1 N–H and O–H groups in total. The van der Waals surface area contributed by atoms with Crippen molar-refractivity contribution >= 4 is 0 Å². The molecule has 0 spiro atoms. The first-order chi connectivity index (χ1) is 9.38. The van der Waals surface area contributed by atoms with Crippen LogP contribution in [0.4, 0.5) is 0 Å². The minimum atomic E-state index is 0.492. The van der Waals surface area contributed by atoms with Crippen LogP contribution in [0.25, 0.3) is 0 Å². The highest BCUT2D eigenvalue weighted by Crippen LogP contribution is 2.25. The summed E-state index contributed by atoms with van der Waals surface area (Å²) in [6.45, 7) is 14.6. The van der Waals surface area contributed by atoms with Crippen LogP contribution in [0.3, 0.4) is 0 Å². The number of hydrogen-bond acceptors (Lipinski definition) is 1. The van der Waals surface area contributed by atoms with Crippen molar-refractivity contribution in [2.45, 2.75) is 60.4 Å². The van der Waals surface area contributed by atoms with Gasteiger partial charge >= 0.3 is 0 Å². The van der Waals surface area contributed by atoms with E-state index in [1.54, 1.807) is 0 Å². The van der Waals surface area contributed by atoms with Crippen LogP contribution in [0, 0.1) is 17.8 Å². The molecule has 3 atom stereocenters. The number of rotatable bonds is 7. The Morgan fingerprint density at radius 2 is 2.05 bits per heavy atom. The van der Waals surface area contributed by atoms with Crippen LogP contribution in [0.5, 0.6) is 0 Å². The van der Waals surface area contributed by atoms with Crippen molar-refractivity contribution in [1.29, 1.82) is 0 Å². The molecule has 0 fully saturated rings. The second-order valence-corrected chi connectivity index (χ2v) is 7.07. The number of nitrogens with one attached hydrogen (secondary N) is 1. The van der Waals surface area contributed by atoms with E-state index in [9.17, 15) is 0 Å². The van der Waals surface area contributed by atoms with Gasteiger partial charge in [-0.25, -0.2) is 0 Å². The molecule has 0 bridgehead atoms. The highest BCUT2D eigenvalue weighted by Gasteiger charge is 2.15. The normalized spacial score (nSPS) is 21.6. The summed E-state index contributed by atoms with van der Waals surface area (Å²) in [5.41, 5.74) is 2.92. The second kappa shape index (κ2) is 8.46. The smallest absolute Gasteiger partial charge is 0.0258 e. The highest BCUT2D eigenvalue weighted by atomic mass is 14.9. The molecule has 1 aliphatic rings. The van der Waals surface area contributed by atoms with Gasteiger partial charge in [0.15, 0.2) is 0 Å². The monoisotopic (exact) mass is 275 g/mol. The van der Waals surface area contributed by atoms with Crippen LogP contribution < -0.4 is 5.32 Å². The van der Waals surface area contributed by atoms with Gasteiger partial charge in [0.1, 0.15) is 0 Å². The Labute approximate surface area is 126 Å². The average molecular weight is 275 g/mol. The third-order valence-electron chi connectivity index (χ3n) is 3.84. The molecule has 0 aliphatic heterocycles. The highest BCUT2D eigenvalue weighted by molar-refractivity contribution is 5.26. The lowest BCUT2D eigenvalue weighted by atomic mass is 9.87. The zero-order chi connectivity index (χ0) is 15.1. The van der Waals surface area contributed by atoms with E-state index in [0.717, 1.165) is 6.54 Å². The van der Waals surface area contributed by atoms with E-state index < -0.39 is 0 Å². The van der Waals surface area contributed by atoms with Gasteiger partial charge in [-0.3, -0.25) is 0 Å². The first kappa shape index (κ1) is 17.2. The van der Waals surface area contributed by atoms with Crippen molar-refractivity contribution in [3.63, 3.8) is 0 Å². The summed E-state index contributed by atoms with van der Waals surface area (Å²) in [7, 11) is 0. The standard InChI is InChI=1S/C19H33N/c1-14(2)11-19(20-13-15(3)4)12-17(6)18-9-7-16(5)8-10-18/h7,9-11,15-17,19-20H,8,12-13H2,1-6H3/t16?,17-,19?/m1/s1. The van der Waals surface area contributed by atoms with Crippen LogP contribution >= 0.6 is 0 Å². The lowest BCUT2D eigenvalue weighted by molar-refractivity contribution is 0.452. The van der Waals surface area contributed by atoms with E-state index in [4.69, 9.17) is 0 Å². The van der Waals surface area contributed by atoms with E-state index in [1.807, 2.05) is 0 Å². The van der Waals surface area contributed by atoms with E-state index in [0.29, 0.717) is 23.8 Å². The summed E-state index contributed by atoms with van der Waals surface area (Å²) in [6.07, 6.45) is 11.9. The molecule has 0 aromatic heterocycles. The summed E-state index contributed by atoms with van der Waals surface area (Å²) >= 11 is 0. The Hall–Kier alpha value is -0.820. The van der Waals surface area contributed by atoms with Crippen LogP contribution in [-0.2, 0) is 0 Å². The zero-order valence-electron chi connectivity index (χ0n) is 14.2. The Balaban J connectivity index is 2.60.